The van der Waals surface area contributed by atoms with E-state index in [0.29, 0.717) is 15.7 Å². The van der Waals surface area contributed by atoms with Gasteiger partial charge in [-0.3, -0.25) is 4.99 Å². The van der Waals surface area contributed by atoms with E-state index in [4.69, 9.17) is 28.9 Å². The molecule has 3 nitrogen and oxygen atoms in total. The van der Waals surface area contributed by atoms with Crippen molar-refractivity contribution in [2.45, 2.75) is 0 Å². The van der Waals surface area contributed by atoms with E-state index >= 15 is 0 Å². The van der Waals surface area contributed by atoms with Gasteiger partial charge < -0.3 is 11.1 Å². The van der Waals surface area contributed by atoms with Crippen LogP contribution in [-0.4, -0.2) is 13.0 Å². The van der Waals surface area contributed by atoms with E-state index in [2.05, 4.69) is 26.2 Å². The van der Waals surface area contributed by atoms with Crippen LogP contribution >= 0.6 is 39.1 Å². The van der Waals surface area contributed by atoms with Gasteiger partial charge in [-0.05, 0) is 12.1 Å². The zero-order chi connectivity index (χ0) is 10.7. The second-order valence-electron chi connectivity index (χ2n) is 2.48. The van der Waals surface area contributed by atoms with Gasteiger partial charge in [0.1, 0.15) is 0 Å². The molecule has 0 fully saturated rings. The minimum atomic E-state index is 0.260. The van der Waals surface area contributed by atoms with Crippen molar-refractivity contribution < 1.29 is 0 Å². The molecule has 1 aromatic rings. The summed E-state index contributed by atoms with van der Waals surface area (Å²) in [5, 5.41) is 3.76. The van der Waals surface area contributed by atoms with Gasteiger partial charge in [0.05, 0.1) is 15.7 Å². The maximum Gasteiger partial charge on any atom is 0.192 e. The Morgan fingerprint density at radius 2 is 1.93 bits per heavy atom. The van der Waals surface area contributed by atoms with E-state index in [1.54, 1.807) is 19.2 Å². The van der Waals surface area contributed by atoms with Gasteiger partial charge in [0.15, 0.2) is 5.96 Å². The molecule has 0 saturated carbocycles. The molecule has 3 N–H and O–H groups in total. The van der Waals surface area contributed by atoms with Crippen molar-refractivity contribution in [2.24, 2.45) is 10.7 Å². The maximum atomic E-state index is 5.95. The lowest BCUT2D eigenvalue weighted by molar-refractivity contribution is 1.38. The number of hydrogen-bond donors (Lipinski definition) is 2. The number of aliphatic imine (C=N–C) groups is 1. The molecule has 1 rings (SSSR count). The highest BCUT2D eigenvalue weighted by atomic mass is 79.9. The molecule has 0 amide bonds. The quantitative estimate of drug-likeness (QED) is 0.618. The Balaban J connectivity index is 3.09. The first-order valence-electron chi connectivity index (χ1n) is 3.68. The molecular weight excluding hydrogens is 289 g/mol. The van der Waals surface area contributed by atoms with Gasteiger partial charge >= 0.3 is 0 Å². The molecule has 14 heavy (non-hydrogen) atoms. The summed E-state index contributed by atoms with van der Waals surface area (Å²) in [5.74, 6) is 0.260. The van der Waals surface area contributed by atoms with Crippen molar-refractivity contribution in [1.29, 1.82) is 0 Å². The first-order valence-corrected chi connectivity index (χ1v) is 5.23. The highest BCUT2D eigenvalue weighted by Gasteiger charge is 2.07. The summed E-state index contributed by atoms with van der Waals surface area (Å²) >= 11 is 15.2. The van der Waals surface area contributed by atoms with Gasteiger partial charge in [-0.2, -0.15) is 0 Å². The smallest absolute Gasteiger partial charge is 0.192 e. The fourth-order valence-corrected chi connectivity index (χ4v) is 2.15. The monoisotopic (exact) mass is 295 g/mol. The third-order valence-electron chi connectivity index (χ3n) is 1.50. The molecule has 0 aliphatic rings. The number of anilines is 1. The largest absolute Gasteiger partial charge is 0.370 e. The molecule has 0 aromatic heterocycles. The Bertz CT molecular complexity index is 356. The Labute approximate surface area is 100 Å². The number of halogens is 3. The third-order valence-corrected chi connectivity index (χ3v) is 2.55. The molecule has 0 heterocycles. The van der Waals surface area contributed by atoms with E-state index in [1.165, 1.54) is 0 Å². The molecule has 76 valence electrons. The summed E-state index contributed by atoms with van der Waals surface area (Å²) in [6.07, 6.45) is 0. The van der Waals surface area contributed by atoms with Crippen LogP contribution in [0.25, 0.3) is 0 Å². The molecule has 0 spiro atoms. The number of benzene rings is 1. The molecule has 0 unspecified atom stereocenters. The van der Waals surface area contributed by atoms with Gasteiger partial charge in [0, 0.05) is 11.5 Å². The van der Waals surface area contributed by atoms with Crippen molar-refractivity contribution >= 4 is 50.8 Å². The number of guanidine groups is 1. The van der Waals surface area contributed by atoms with Gasteiger partial charge in [-0.1, -0.05) is 39.1 Å². The summed E-state index contributed by atoms with van der Waals surface area (Å²) in [6, 6.07) is 3.44. The predicted molar refractivity (Wildman–Crippen MR) is 65.3 cm³/mol. The topological polar surface area (TPSA) is 50.4 Å². The van der Waals surface area contributed by atoms with Crippen molar-refractivity contribution in [2.75, 3.05) is 12.4 Å². The number of nitrogens with two attached hydrogens (primary N) is 1. The molecule has 0 aliphatic heterocycles. The number of nitrogens with zero attached hydrogens (tertiary/aromatic N) is 1. The average molecular weight is 297 g/mol. The first-order chi connectivity index (χ1) is 6.54. The fourth-order valence-electron chi connectivity index (χ4n) is 0.846. The van der Waals surface area contributed by atoms with E-state index in [-0.39, 0.29) is 5.96 Å². The third kappa shape index (κ3) is 2.77. The van der Waals surface area contributed by atoms with Gasteiger partial charge in [-0.15, -0.1) is 0 Å². The lowest BCUT2D eigenvalue weighted by Gasteiger charge is -2.09. The Morgan fingerprint density at radius 1 is 1.43 bits per heavy atom. The Hall–Kier alpha value is -0.450. The van der Waals surface area contributed by atoms with Gasteiger partial charge in [0.2, 0.25) is 0 Å². The molecule has 0 radical (unpaired) electrons. The summed E-state index contributed by atoms with van der Waals surface area (Å²) in [4.78, 5) is 3.74. The number of rotatable bonds is 1. The minimum Gasteiger partial charge on any atom is -0.370 e. The van der Waals surface area contributed by atoms with Gasteiger partial charge in [-0.25, -0.2) is 0 Å². The molecule has 6 heteroatoms. The standard InChI is InChI=1S/C8H8BrCl2N3/c1-13-8(12)14-7-5(10)2-4(9)3-6(7)11/h2-3H,1H3,(H3,12,13,14). The second-order valence-corrected chi connectivity index (χ2v) is 4.21. The lowest BCUT2D eigenvalue weighted by Crippen LogP contribution is -2.22. The van der Waals surface area contributed by atoms with Crippen LogP contribution in [0.15, 0.2) is 21.6 Å². The highest BCUT2D eigenvalue weighted by molar-refractivity contribution is 9.10. The maximum absolute atomic E-state index is 5.95. The molecule has 1 aromatic carbocycles. The van der Waals surface area contributed by atoms with Crippen LogP contribution in [0.3, 0.4) is 0 Å². The van der Waals surface area contributed by atoms with Gasteiger partial charge in [0.25, 0.3) is 0 Å². The summed E-state index contributed by atoms with van der Waals surface area (Å²) in [7, 11) is 1.57. The van der Waals surface area contributed by atoms with E-state index in [0.717, 1.165) is 4.47 Å². The Kier molecular flexibility index (Phi) is 4.04. The molecular formula is C8H8BrCl2N3. The first kappa shape index (κ1) is 11.6. The summed E-state index contributed by atoms with van der Waals surface area (Å²) in [6.45, 7) is 0. The molecule has 0 aliphatic carbocycles. The van der Waals surface area contributed by atoms with Crippen molar-refractivity contribution in [1.82, 2.24) is 0 Å². The predicted octanol–water partition coefficient (Wildman–Crippen LogP) is 3.11. The van der Waals surface area contributed by atoms with Crippen molar-refractivity contribution in [3.63, 3.8) is 0 Å². The second kappa shape index (κ2) is 4.87. The molecule has 0 atom stereocenters. The van der Waals surface area contributed by atoms with Crippen LogP contribution in [0.2, 0.25) is 10.0 Å². The summed E-state index contributed by atoms with van der Waals surface area (Å²) < 4.78 is 0.810. The normalized spacial score (nSPS) is 11.6. The summed E-state index contributed by atoms with van der Waals surface area (Å²) in [5.41, 5.74) is 6.05. The number of nitrogens with one attached hydrogen (secondary N) is 1. The van der Waals surface area contributed by atoms with Crippen LogP contribution in [0.1, 0.15) is 0 Å². The average Bonchev–Trinajstić information content (AvgIpc) is 2.10. The van der Waals surface area contributed by atoms with E-state index < -0.39 is 0 Å². The molecule has 0 saturated heterocycles. The zero-order valence-electron chi connectivity index (χ0n) is 7.31. The van der Waals surface area contributed by atoms with E-state index in [1.807, 2.05) is 0 Å². The fraction of sp³-hybridized carbons (Fsp3) is 0.125. The highest BCUT2D eigenvalue weighted by Crippen LogP contribution is 2.33. The number of hydrogen-bond acceptors (Lipinski definition) is 1. The SMILES string of the molecule is CN=C(N)Nc1c(Cl)cc(Br)cc1Cl. The minimum absolute atomic E-state index is 0.260. The Morgan fingerprint density at radius 3 is 2.36 bits per heavy atom. The van der Waals surface area contributed by atoms with Crippen LogP contribution in [0.5, 0.6) is 0 Å². The molecule has 0 bridgehead atoms. The zero-order valence-corrected chi connectivity index (χ0v) is 10.4. The van der Waals surface area contributed by atoms with Crippen LogP contribution in [-0.2, 0) is 0 Å². The van der Waals surface area contributed by atoms with Crippen LogP contribution < -0.4 is 11.1 Å². The van der Waals surface area contributed by atoms with Crippen LogP contribution in [0, 0.1) is 0 Å². The van der Waals surface area contributed by atoms with E-state index in [9.17, 15) is 0 Å². The van der Waals surface area contributed by atoms with Crippen molar-refractivity contribution in [3.8, 4) is 0 Å². The van der Waals surface area contributed by atoms with Crippen molar-refractivity contribution in [3.05, 3.63) is 26.7 Å². The lowest BCUT2D eigenvalue weighted by atomic mass is 10.3. The van der Waals surface area contributed by atoms with Crippen LogP contribution in [0.4, 0.5) is 5.69 Å².